The largest absolute Gasteiger partial charge is 0.462 e. The Labute approximate surface area is 236 Å². The lowest BCUT2D eigenvalue weighted by Gasteiger charge is -2.26. The van der Waals surface area contributed by atoms with Crippen LogP contribution in [0.1, 0.15) is 38.7 Å². The van der Waals surface area contributed by atoms with Crippen molar-refractivity contribution >= 4 is 23.9 Å². The number of carbonyl (C=O) groups excluding carboxylic acids is 4. The summed E-state index contributed by atoms with van der Waals surface area (Å²) in [5, 5.41) is 16.8. The summed E-state index contributed by atoms with van der Waals surface area (Å²) in [5.74, 6) is -2.14. The third-order valence-electron chi connectivity index (χ3n) is 5.79. The van der Waals surface area contributed by atoms with Gasteiger partial charge in [-0.25, -0.2) is 9.59 Å². The fourth-order valence-corrected chi connectivity index (χ4v) is 3.47. The molecule has 1 aromatic rings. The number of ether oxygens (including phenoxy) is 3. The van der Waals surface area contributed by atoms with E-state index in [1.165, 1.54) is 6.08 Å². The topological polar surface area (TPSA) is 152 Å². The molecule has 40 heavy (non-hydrogen) atoms. The molecule has 222 valence electrons. The zero-order valence-corrected chi connectivity index (χ0v) is 23.4. The van der Waals surface area contributed by atoms with Crippen LogP contribution in [0.5, 0.6) is 0 Å². The molecule has 0 fully saturated rings. The van der Waals surface area contributed by atoms with Crippen molar-refractivity contribution < 1.29 is 38.5 Å². The predicted molar refractivity (Wildman–Crippen MR) is 150 cm³/mol. The molecule has 0 aliphatic carbocycles. The minimum Gasteiger partial charge on any atom is -0.462 e. The molecule has 3 unspecified atom stereocenters. The summed E-state index contributed by atoms with van der Waals surface area (Å²) in [6, 6.07) is 7.57. The van der Waals surface area contributed by atoms with Crippen molar-refractivity contribution in [1.82, 2.24) is 16.0 Å². The number of aliphatic hydroxyl groups is 1. The van der Waals surface area contributed by atoms with Gasteiger partial charge < -0.3 is 35.3 Å². The molecule has 0 radical (unpaired) electrons. The smallest absolute Gasteiger partial charge is 0.408 e. The first-order chi connectivity index (χ1) is 19.2. The van der Waals surface area contributed by atoms with Gasteiger partial charge in [-0.1, -0.05) is 56.3 Å². The van der Waals surface area contributed by atoms with Crippen LogP contribution >= 0.6 is 0 Å². The molecule has 11 nitrogen and oxygen atoms in total. The number of amides is 3. The zero-order valence-electron chi connectivity index (χ0n) is 23.4. The number of alkyl carbamates (subject to hydrolysis) is 1. The Morgan fingerprint density at radius 3 is 2.30 bits per heavy atom. The average Bonchev–Trinajstić information content (AvgIpc) is 2.93. The molecule has 0 bridgehead atoms. The molecule has 1 aromatic carbocycles. The number of carbonyl (C=O) groups is 4. The molecular formula is C29H43N3O8. The van der Waals surface area contributed by atoms with Crippen LogP contribution in [0.2, 0.25) is 0 Å². The van der Waals surface area contributed by atoms with Gasteiger partial charge in [0.25, 0.3) is 0 Å². The number of allylic oxidation sites excluding steroid dienone is 1. The minimum absolute atomic E-state index is 0.0470. The third-order valence-corrected chi connectivity index (χ3v) is 5.79. The van der Waals surface area contributed by atoms with E-state index in [-0.39, 0.29) is 76.6 Å². The van der Waals surface area contributed by atoms with Crippen molar-refractivity contribution in [2.75, 3.05) is 33.0 Å². The molecule has 1 rings (SSSR count). The van der Waals surface area contributed by atoms with E-state index < -0.39 is 30.1 Å². The maximum Gasteiger partial charge on any atom is 0.408 e. The molecule has 4 N–H and O–H groups in total. The van der Waals surface area contributed by atoms with Gasteiger partial charge in [0.15, 0.2) is 0 Å². The maximum atomic E-state index is 13.0. The van der Waals surface area contributed by atoms with E-state index in [4.69, 9.17) is 19.3 Å². The van der Waals surface area contributed by atoms with Gasteiger partial charge in [0, 0.05) is 13.0 Å². The van der Waals surface area contributed by atoms with Gasteiger partial charge in [-0.05, 0) is 24.3 Å². The first-order valence-corrected chi connectivity index (χ1v) is 13.3. The summed E-state index contributed by atoms with van der Waals surface area (Å²) >= 11 is 0. The van der Waals surface area contributed by atoms with E-state index in [0.717, 1.165) is 5.56 Å². The summed E-state index contributed by atoms with van der Waals surface area (Å²) in [5.41, 5.74) is 0.801. The second-order valence-corrected chi connectivity index (χ2v) is 9.38. The SMILES string of the molecule is C=CCC(CC(=O)NCCOCCO)C(=O)NC(COC(=O)C(CC=C)NC(=O)OCc1ccccc1)C(C)C. The highest BCUT2D eigenvalue weighted by Crippen LogP contribution is 2.13. The zero-order chi connectivity index (χ0) is 29.8. The van der Waals surface area contributed by atoms with Gasteiger partial charge in [0.05, 0.1) is 31.8 Å². The Balaban J connectivity index is 2.64. The van der Waals surface area contributed by atoms with Crippen molar-refractivity contribution in [1.29, 1.82) is 0 Å². The molecule has 0 heterocycles. The predicted octanol–water partition coefficient (Wildman–Crippen LogP) is 2.25. The Bertz CT molecular complexity index is 938. The molecule has 0 aliphatic heterocycles. The Hall–Kier alpha value is -3.70. The van der Waals surface area contributed by atoms with Gasteiger partial charge in [0.2, 0.25) is 11.8 Å². The summed E-state index contributed by atoms with van der Waals surface area (Å²) in [6.45, 7) is 11.5. The number of nitrogens with one attached hydrogen (secondary N) is 3. The number of hydrogen-bond acceptors (Lipinski definition) is 8. The number of hydrogen-bond donors (Lipinski definition) is 4. The van der Waals surface area contributed by atoms with E-state index in [0.29, 0.717) is 0 Å². The van der Waals surface area contributed by atoms with Crippen molar-refractivity contribution in [2.45, 2.75) is 51.8 Å². The summed E-state index contributed by atoms with van der Waals surface area (Å²) in [4.78, 5) is 50.3. The van der Waals surface area contributed by atoms with Gasteiger partial charge in [-0.3, -0.25) is 9.59 Å². The van der Waals surface area contributed by atoms with E-state index in [1.54, 1.807) is 6.08 Å². The van der Waals surface area contributed by atoms with Crippen molar-refractivity contribution in [2.24, 2.45) is 11.8 Å². The lowest BCUT2D eigenvalue weighted by Crippen LogP contribution is -2.47. The standard InChI is InChI=1S/C29H43N3O8/c1-5-10-23(18-26(34)30-14-16-38-17-15-33)27(35)31-25(21(3)4)20-39-28(36)24(11-6-2)32-29(37)40-19-22-12-8-7-9-13-22/h5-9,12-13,21,23-25,33H,1-2,10-11,14-20H2,3-4H3,(H,30,34)(H,31,35)(H,32,37). The van der Waals surface area contributed by atoms with Crippen molar-refractivity contribution in [3.63, 3.8) is 0 Å². The first-order valence-electron chi connectivity index (χ1n) is 13.3. The maximum absolute atomic E-state index is 13.0. The van der Waals surface area contributed by atoms with Gasteiger partial charge in [-0.15, -0.1) is 13.2 Å². The van der Waals surface area contributed by atoms with E-state index in [9.17, 15) is 19.2 Å². The normalized spacial score (nSPS) is 12.9. The highest BCUT2D eigenvalue weighted by atomic mass is 16.6. The van der Waals surface area contributed by atoms with Crippen LogP contribution in [0, 0.1) is 11.8 Å². The quantitative estimate of drug-likeness (QED) is 0.107. The molecule has 3 amide bonds. The fourth-order valence-electron chi connectivity index (χ4n) is 3.47. The Kier molecular flexibility index (Phi) is 17.4. The van der Waals surface area contributed by atoms with E-state index in [2.05, 4.69) is 29.1 Å². The summed E-state index contributed by atoms with van der Waals surface area (Å²) in [7, 11) is 0. The number of aliphatic hydroxyl groups excluding tert-OH is 1. The van der Waals surface area contributed by atoms with Crippen LogP contribution in [0.3, 0.4) is 0 Å². The van der Waals surface area contributed by atoms with Crippen LogP contribution in [-0.2, 0) is 35.2 Å². The van der Waals surface area contributed by atoms with Crippen LogP contribution in [0.25, 0.3) is 0 Å². The molecule has 0 spiro atoms. The summed E-state index contributed by atoms with van der Waals surface area (Å²) < 4.78 is 15.7. The third kappa shape index (κ3) is 14.5. The Morgan fingerprint density at radius 1 is 0.975 bits per heavy atom. The van der Waals surface area contributed by atoms with Crippen molar-refractivity contribution in [3.8, 4) is 0 Å². The molecule has 11 heteroatoms. The fraction of sp³-hybridized carbons (Fsp3) is 0.517. The molecule has 3 atom stereocenters. The second kappa shape index (κ2) is 20.2. The van der Waals surface area contributed by atoms with Crippen LogP contribution < -0.4 is 16.0 Å². The van der Waals surface area contributed by atoms with E-state index in [1.807, 2.05) is 44.2 Å². The van der Waals surface area contributed by atoms with Gasteiger partial charge >= 0.3 is 12.1 Å². The lowest BCUT2D eigenvalue weighted by molar-refractivity contribution is -0.148. The monoisotopic (exact) mass is 561 g/mol. The molecule has 0 saturated heterocycles. The molecular weight excluding hydrogens is 518 g/mol. The first kappa shape index (κ1) is 34.3. The van der Waals surface area contributed by atoms with Gasteiger partial charge in [0.1, 0.15) is 19.3 Å². The Morgan fingerprint density at radius 2 is 1.68 bits per heavy atom. The second-order valence-electron chi connectivity index (χ2n) is 9.38. The minimum atomic E-state index is -1.01. The lowest BCUT2D eigenvalue weighted by atomic mass is 9.97. The number of benzene rings is 1. The number of rotatable bonds is 20. The van der Waals surface area contributed by atoms with Crippen LogP contribution in [0.15, 0.2) is 55.6 Å². The molecule has 0 saturated carbocycles. The highest BCUT2D eigenvalue weighted by molar-refractivity contribution is 5.86. The van der Waals surface area contributed by atoms with Crippen LogP contribution in [0.4, 0.5) is 4.79 Å². The molecule has 0 aliphatic rings. The van der Waals surface area contributed by atoms with Crippen molar-refractivity contribution in [3.05, 3.63) is 61.2 Å². The van der Waals surface area contributed by atoms with E-state index >= 15 is 0 Å². The van der Waals surface area contributed by atoms with Crippen LogP contribution in [-0.4, -0.2) is 74.0 Å². The van der Waals surface area contributed by atoms with Gasteiger partial charge in [-0.2, -0.15) is 0 Å². The average molecular weight is 562 g/mol. The summed E-state index contributed by atoms with van der Waals surface area (Å²) in [6.07, 6.45) is 2.62. The highest BCUT2D eigenvalue weighted by Gasteiger charge is 2.27. The number of esters is 1. The molecule has 0 aromatic heterocycles.